The number of carbonyl (C=O) groups excluding carboxylic acids is 2. The van der Waals surface area contributed by atoms with E-state index in [9.17, 15) is 9.59 Å². The molecule has 0 aromatic heterocycles. The fraction of sp³-hybridized carbons (Fsp3) is 0.600. The van der Waals surface area contributed by atoms with Gasteiger partial charge in [-0.25, -0.2) is 4.79 Å². The van der Waals surface area contributed by atoms with E-state index < -0.39 is 5.54 Å². The number of imide groups is 1. The molecule has 0 bridgehead atoms. The van der Waals surface area contributed by atoms with Crippen LogP contribution in [-0.2, 0) is 11.2 Å². The summed E-state index contributed by atoms with van der Waals surface area (Å²) in [5.74, 6) is 2.47. The van der Waals surface area contributed by atoms with E-state index in [1.165, 1.54) is 22.8 Å². The maximum absolute atomic E-state index is 13.2. The molecule has 0 N–H and O–H groups in total. The van der Waals surface area contributed by atoms with Crippen LogP contribution in [0.5, 0.6) is 0 Å². The van der Waals surface area contributed by atoms with Gasteiger partial charge in [-0.1, -0.05) is 30.3 Å². The molecule has 4 rings (SSSR count). The maximum Gasteiger partial charge on any atom is 0.327 e. The summed E-state index contributed by atoms with van der Waals surface area (Å²) in [6.07, 6.45) is 3.49. The number of likely N-dealkylation sites (N-methyl/N-ethyl adjacent to an activating group) is 1. The van der Waals surface area contributed by atoms with E-state index in [2.05, 4.69) is 4.90 Å². The summed E-state index contributed by atoms with van der Waals surface area (Å²) in [4.78, 5) is 31.7. The van der Waals surface area contributed by atoms with Crippen LogP contribution in [0.15, 0.2) is 30.3 Å². The van der Waals surface area contributed by atoms with Crippen LogP contribution in [0.2, 0.25) is 0 Å². The molecular formula is C20H27N3O2S. The first-order valence-corrected chi connectivity index (χ1v) is 10.7. The second-order valence-corrected chi connectivity index (χ2v) is 8.77. The van der Waals surface area contributed by atoms with Crippen LogP contribution in [0.1, 0.15) is 24.8 Å². The highest BCUT2D eigenvalue weighted by atomic mass is 32.2. The van der Waals surface area contributed by atoms with Crippen molar-refractivity contribution >= 4 is 23.7 Å². The van der Waals surface area contributed by atoms with E-state index in [1.807, 2.05) is 49.1 Å². The summed E-state index contributed by atoms with van der Waals surface area (Å²) >= 11 is 2.02. The number of likely N-dealkylation sites (tertiary alicyclic amines) is 1. The summed E-state index contributed by atoms with van der Waals surface area (Å²) in [7, 11) is 1.81. The number of nitrogens with zero attached hydrogens (tertiary/aromatic N) is 3. The molecule has 6 heteroatoms. The van der Waals surface area contributed by atoms with E-state index in [4.69, 9.17) is 0 Å². The third-order valence-corrected chi connectivity index (χ3v) is 7.46. The first kappa shape index (κ1) is 17.9. The number of carbonyl (C=O) groups is 2. The van der Waals surface area contributed by atoms with Crippen molar-refractivity contribution in [2.45, 2.75) is 37.3 Å². The Balaban J connectivity index is 1.42. The molecule has 3 saturated heterocycles. The van der Waals surface area contributed by atoms with Gasteiger partial charge in [-0.3, -0.25) is 14.6 Å². The third kappa shape index (κ3) is 3.03. The van der Waals surface area contributed by atoms with E-state index in [-0.39, 0.29) is 11.9 Å². The Morgan fingerprint density at radius 2 is 1.88 bits per heavy atom. The SMILES string of the molecule is CN1C(=O)N(CCc2ccccc2)C(=O)C12CCN([C@H]1CCSC1)CC2. The molecule has 0 radical (unpaired) electrons. The van der Waals surface area contributed by atoms with Gasteiger partial charge >= 0.3 is 6.03 Å². The second kappa shape index (κ2) is 7.24. The topological polar surface area (TPSA) is 43.9 Å². The van der Waals surface area contributed by atoms with E-state index >= 15 is 0 Å². The summed E-state index contributed by atoms with van der Waals surface area (Å²) < 4.78 is 0. The molecule has 1 aromatic rings. The average molecular weight is 374 g/mol. The number of amides is 3. The van der Waals surface area contributed by atoms with Crippen molar-refractivity contribution in [3.8, 4) is 0 Å². The average Bonchev–Trinajstić information content (AvgIpc) is 3.27. The van der Waals surface area contributed by atoms with Crippen molar-refractivity contribution in [2.75, 3.05) is 38.2 Å². The summed E-state index contributed by atoms with van der Waals surface area (Å²) in [5, 5.41) is 0. The number of thioether (sulfide) groups is 1. The smallest absolute Gasteiger partial charge is 0.312 e. The van der Waals surface area contributed by atoms with Crippen LogP contribution in [0, 0.1) is 0 Å². The fourth-order valence-electron chi connectivity index (χ4n) is 4.55. The van der Waals surface area contributed by atoms with Crippen LogP contribution >= 0.6 is 11.8 Å². The maximum atomic E-state index is 13.2. The minimum atomic E-state index is -0.615. The number of hydrogen-bond donors (Lipinski definition) is 0. The molecule has 1 spiro atoms. The van der Waals surface area contributed by atoms with Gasteiger partial charge in [0.25, 0.3) is 5.91 Å². The van der Waals surface area contributed by atoms with Gasteiger partial charge in [0.15, 0.2) is 0 Å². The van der Waals surface area contributed by atoms with Crippen molar-refractivity contribution < 1.29 is 9.59 Å². The van der Waals surface area contributed by atoms with Crippen molar-refractivity contribution in [1.29, 1.82) is 0 Å². The fourth-order valence-corrected chi connectivity index (χ4v) is 5.80. The van der Waals surface area contributed by atoms with Crippen LogP contribution in [0.25, 0.3) is 0 Å². The molecule has 3 aliphatic heterocycles. The van der Waals surface area contributed by atoms with Crippen molar-refractivity contribution in [2.24, 2.45) is 0 Å². The van der Waals surface area contributed by atoms with E-state index in [0.717, 1.165) is 31.5 Å². The van der Waals surface area contributed by atoms with E-state index in [1.54, 1.807) is 4.90 Å². The highest BCUT2D eigenvalue weighted by Crippen LogP contribution is 2.37. The van der Waals surface area contributed by atoms with Gasteiger partial charge in [0.1, 0.15) is 5.54 Å². The Hall–Kier alpha value is -1.53. The monoisotopic (exact) mass is 373 g/mol. The zero-order valence-electron chi connectivity index (χ0n) is 15.4. The second-order valence-electron chi connectivity index (χ2n) is 7.62. The van der Waals surface area contributed by atoms with Gasteiger partial charge in [-0.15, -0.1) is 0 Å². The highest BCUT2D eigenvalue weighted by molar-refractivity contribution is 7.99. The van der Waals surface area contributed by atoms with E-state index in [0.29, 0.717) is 19.0 Å². The quantitative estimate of drug-likeness (QED) is 0.761. The Labute approximate surface area is 159 Å². The van der Waals surface area contributed by atoms with Gasteiger partial charge in [0.05, 0.1) is 0 Å². The van der Waals surface area contributed by atoms with Crippen LogP contribution in [0.3, 0.4) is 0 Å². The Morgan fingerprint density at radius 3 is 2.54 bits per heavy atom. The lowest BCUT2D eigenvalue weighted by Gasteiger charge is -2.42. The van der Waals surface area contributed by atoms with Gasteiger partial charge in [0.2, 0.25) is 0 Å². The largest absolute Gasteiger partial charge is 0.327 e. The number of hydrogen-bond acceptors (Lipinski definition) is 4. The van der Waals surface area contributed by atoms with Crippen LogP contribution in [-0.4, -0.2) is 76.4 Å². The Bertz CT molecular complexity index is 667. The molecular weight excluding hydrogens is 346 g/mol. The van der Waals surface area contributed by atoms with Crippen molar-refractivity contribution in [3.05, 3.63) is 35.9 Å². The molecule has 3 heterocycles. The minimum absolute atomic E-state index is 0.0152. The lowest BCUT2D eigenvalue weighted by molar-refractivity contribution is -0.135. The van der Waals surface area contributed by atoms with Crippen molar-refractivity contribution in [3.63, 3.8) is 0 Å². The first-order valence-electron chi connectivity index (χ1n) is 9.57. The molecule has 5 nitrogen and oxygen atoms in total. The van der Waals surface area contributed by atoms with Gasteiger partial charge in [0, 0.05) is 38.5 Å². The number of urea groups is 1. The number of piperidine rings is 1. The number of rotatable bonds is 4. The molecule has 26 heavy (non-hydrogen) atoms. The number of benzene rings is 1. The lowest BCUT2D eigenvalue weighted by atomic mass is 9.85. The zero-order valence-corrected chi connectivity index (χ0v) is 16.2. The standard InChI is InChI=1S/C20H27N3O2S/c1-21-19(25)23(11-7-16-5-3-2-4-6-16)18(24)20(21)9-12-22(13-10-20)17-8-14-26-15-17/h2-6,17H,7-15H2,1H3/t17-/m0/s1. The lowest BCUT2D eigenvalue weighted by Crippen LogP contribution is -2.57. The molecule has 3 aliphatic rings. The Kier molecular flexibility index (Phi) is 4.97. The minimum Gasteiger partial charge on any atom is -0.312 e. The summed E-state index contributed by atoms with van der Waals surface area (Å²) in [6, 6.07) is 10.6. The van der Waals surface area contributed by atoms with Crippen molar-refractivity contribution in [1.82, 2.24) is 14.7 Å². The zero-order chi connectivity index (χ0) is 18.1. The normalized spacial score (nSPS) is 26.3. The van der Waals surface area contributed by atoms with Gasteiger partial charge < -0.3 is 4.90 Å². The summed E-state index contributed by atoms with van der Waals surface area (Å²) in [6.45, 7) is 2.30. The predicted octanol–water partition coefficient (Wildman–Crippen LogP) is 2.46. The van der Waals surface area contributed by atoms with Gasteiger partial charge in [-0.2, -0.15) is 11.8 Å². The highest BCUT2D eigenvalue weighted by Gasteiger charge is 2.56. The van der Waals surface area contributed by atoms with Crippen LogP contribution in [0.4, 0.5) is 4.79 Å². The molecule has 0 saturated carbocycles. The van der Waals surface area contributed by atoms with Gasteiger partial charge in [-0.05, 0) is 37.0 Å². The molecule has 140 valence electrons. The Morgan fingerprint density at radius 1 is 1.15 bits per heavy atom. The molecule has 1 aromatic carbocycles. The first-order chi connectivity index (χ1) is 12.6. The molecule has 0 unspecified atom stereocenters. The molecule has 3 fully saturated rings. The van der Waals surface area contributed by atoms with Crippen LogP contribution < -0.4 is 0 Å². The predicted molar refractivity (Wildman–Crippen MR) is 104 cm³/mol. The summed E-state index contributed by atoms with van der Waals surface area (Å²) in [5.41, 5.74) is 0.543. The molecule has 0 aliphatic carbocycles. The molecule has 3 amide bonds. The third-order valence-electron chi connectivity index (χ3n) is 6.32. The molecule has 1 atom stereocenters.